The smallest absolute Gasteiger partial charge is 0.262 e. The monoisotopic (exact) mass is 339 g/mol. The highest BCUT2D eigenvalue weighted by molar-refractivity contribution is 5.94. The maximum absolute atomic E-state index is 13.8. The van der Waals surface area contributed by atoms with Crippen LogP contribution in [0, 0.1) is 0 Å². The zero-order valence-corrected chi connectivity index (χ0v) is 13.3. The van der Waals surface area contributed by atoms with Gasteiger partial charge in [-0.3, -0.25) is 14.5 Å². The normalized spacial score (nSPS) is 23.8. The lowest BCUT2D eigenvalue weighted by molar-refractivity contribution is -0.119. The van der Waals surface area contributed by atoms with Crippen LogP contribution in [-0.2, 0) is 4.79 Å². The Kier molecular flexibility index (Phi) is 4.44. The zero-order valence-electron chi connectivity index (χ0n) is 13.3. The number of likely N-dealkylation sites (tertiary alicyclic amines) is 2. The van der Waals surface area contributed by atoms with Gasteiger partial charge in [-0.15, -0.1) is 0 Å². The number of carbonyl (C=O) groups is 2. The quantitative estimate of drug-likeness (QED) is 0.845. The van der Waals surface area contributed by atoms with Crippen molar-refractivity contribution in [3.63, 3.8) is 0 Å². The molecule has 130 valence electrons. The minimum absolute atomic E-state index is 0.120. The second-order valence-corrected chi connectivity index (χ2v) is 6.31. The highest BCUT2D eigenvalue weighted by Gasteiger charge is 2.50. The number of carbonyl (C=O) groups excluding carboxylic acids is 2. The number of amides is 2. The van der Waals surface area contributed by atoms with Crippen LogP contribution < -0.4 is 5.32 Å². The molecular formula is C15H19F2N5O2. The van der Waals surface area contributed by atoms with Crippen molar-refractivity contribution in [2.24, 2.45) is 0 Å². The molecule has 0 spiro atoms. The van der Waals surface area contributed by atoms with Gasteiger partial charge in [-0.05, 0) is 0 Å². The standard InChI is InChI=1S/C15H19F2N5O2/c1-10(23)20-5-12-2-15(16,17)8-22(12)13-6-21(7-13)14(24)11-3-18-9-19-4-11/h3-4,9,12-13H,2,5-8H2,1H3,(H,20,23)/t12-/m0/s1. The van der Waals surface area contributed by atoms with Crippen LogP contribution in [0.5, 0.6) is 0 Å². The fraction of sp³-hybridized carbons (Fsp3) is 0.600. The lowest BCUT2D eigenvalue weighted by Gasteiger charge is -2.45. The Morgan fingerprint density at radius 2 is 2.00 bits per heavy atom. The first kappa shape index (κ1) is 16.7. The van der Waals surface area contributed by atoms with Gasteiger partial charge in [0.2, 0.25) is 5.91 Å². The Morgan fingerprint density at radius 1 is 1.33 bits per heavy atom. The van der Waals surface area contributed by atoms with Crippen LogP contribution in [-0.4, -0.2) is 75.8 Å². The van der Waals surface area contributed by atoms with Gasteiger partial charge < -0.3 is 10.2 Å². The van der Waals surface area contributed by atoms with Gasteiger partial charge in [0.1, 0.15) is 6.33 Å². The van der Waals surface area contributed by atoms with Gasteiger partial charge >= 0.3 is 0 Å². The summed E-state index contributed by atoms with van der Waals surface area (Å²) in [6.45, 7) is 2.00. The summed E-state index contributed by atoms with van der Waals surface area (Å²) in [5, 5.41) is 2.61. The largest absolute Gasteiger partial charge is 0.355 e. The molecule has 1 atom stereocenters. The predicted octanol–water partition coefficient (Wildman–Crippen LogP) is 0.147. The van der Waals surface area contributed by atoms with E-state index >= 15 is 0 Å². The Labute approximate surface area is 138 Å². The minimum Gasteiger partial charge on any atom is -0.355 e. The third kappa shape index (κ3) is 3.50. The molecule has 2 aliphatic rings. The van der Waals surface area contributed by atoms with E-state index in [1.54, 1.807) is 9.80 Å². The molecule has 1 aromatic heterocycles. The second-order valence-electron chi connectivity index (χ2n) is 6.31. The summed E-state index contributed by atoms with van der Waals surface area (Å²) in [6, 6.07) is -0.531. The van der Waals surface area contributed by atoms with Crippen LogP contribution in [0.3, 0.4) is 0 Å². The van der Waals surface area contributed by atoms with Crippen LogP contribution in [0.25, 0.3) is 0 Å². The molecule has 24 heavy (non-hydrogen) atoms. The van der Waals surface area contributed by atoms with Crippen molar-refractivity contribution in [1.82, 2.24) is 25.1 Å². The number of alkyl halides is 2. The number of aromatic nitrogens is 2. The minimum atomic E-state index is -2.76. The topological polar surface area (TPSA) is 78.4 Å². The number of nitrogens with one attached hydrogen (secondary N) is 1. The molecular weight excluding hydrogens is 320 g/mol. The molecule has 2 fully saturated rings. The predicted molar refractivity (Wildman–Crippen MR) is 80.5 cm³/mol. The maximum atomic E-state index is 13.8. The molecule has 3 rings (SSSR count). The first-order valence-corrected chi connectivity index (χ1v) is 7.78. The number of hydrogen-bond donors (Lipinski definition) is 1. The number of halogens is 2. The van der Waals surface area contributed by atoms with Crippen LogP contribution in [0.2, 0.25) is 0 Å². The van der Waals surface area contributed by atoms with Crippen LogP contribution in [0.15, 0.2) is 18.7 Å². The van der Waals surface area contributed by atoms with Crippen molar-refractivity contribution >= 4 is 11.8 Å². The van der Waals surface area contributed by atoms with Crippen molar-refractivity contribution in [1.29, 1.82) is 0 Å². The van der Waals surface area contributed by atoms with Crippen molar-refractivity contribution < 1.29 is 18.4 Å². The molecule has 0 aliphatic carbocycles. The fourth-order valence-electron chi connectivity index (χ4n) is 3.22. The van der Waals surface area contributed by atoms with Crippen molar-refractivity contribution in [3.8, 4) is 0 Å². The summed E-state index contributed by atoms with van der Waals surface area (Å²) in [6.07, 6.45) is 3.94. The summed E-state index contributed by atoms with van der Waals surface area (Å²) >= 11 is 0. The SMILES string of the molecule is CC(=O)NC[C@@H]1CC(F)(F)CN1C1CN(C(=O)c2cncnc2)C1. The van der Waals surface area contributed by atoms with E-state index in [-0.39, 0.29) is 37.4 Å². The molecule has 7 nitrogen and oxygen atoms in total. The van der Waals surface area contributed by atoms with Gasteiger partial charge in [0, 0.05) is 57.5 Å². The first-order valence-electron chi connectivity index (χ1n) is 7.78. The molecule has 0 radical (unpaired) electrons. The van der Waals surface area contributed by atoms with Crippen molar-refractivity contribution in [3.05, 3.63) is 24.3 Å². The lowest BCUT2D eigenvalue weighted by Crippen LogP contribution is -2.63. The highest BCUT2D eigenvalue weighted by Crippen LogP contribution is 2.35. The molecule has 0 bridgehead atoms. The van der Waals surface area contributed by atoms with E-state index in [2.05, 4.69) is 15.3 Å². The third-order valence-electron chi connectivity index (χ3n) is 4.43. The number of hydrogen-bond acceptors (Lipinski definition) is 5. The van der Waals surface area contributed by atoms with Gasteiger partial charge in [-0.1, -0.05) is 0 Å². The fourth-order valence-corrected chi connectivity index (χ4v) is 3.22. The molecule has 2 amide bonds. The van der Waals surface area contributed by atoms with Crippen LogP contribution >= 0.6 is 0 Å². The van der Waals surface area contributed by atoms with Gasteiger partial charge in [0.25, 0.3) is 11.8 Å². The molecule has 0 saturated carbocycles. The van der Waals surface area contributed by atoms with Gasteiger partial charge in [-0.2, -0.15) is 0 Å². The summed E-state index contributed by atoms with van der Waals surface area (Å²) in [5.41, 5.74) is 0.387. The van der Waals surface area contributed by atoms with Crippen molar-refractivity contribution in [2.75, 3.05) is 26.2 Å². The summed E-state index contributed by atoms with van der Waals surface area (Å²) < 4.78 is 27.5. The first-order chi connectivity index (χ1) is 11.4. The highest BCUT2D eigenvalue weighted by atomic mass is 19.3. The second kappa shape index (κ2) is 6.39. The molecule has 2 aliphatic heterocycles. The maximum Gasteiger partial charge on any atom is 0.262 e. The van der Waals surface area contributed by atoms with E-state index in [9.17, 15) is 18.4 Å². The molecule has 1 N–H and O–H groups in total. The average Bonchev–Trinajstić information content (AvgIpc) is 2.79. The number of rotatable bonds is 4. The zero-order chi connectivity index (χ0) is 17.3. The van der Waals surface area contributed by atoms with Gasteiger partial charge in [-0.25, -0.2) is 18.7 Å². The average molecular weight is 339 g/mol. The van der Waals surface area contributed by atoms with E-state index in [0.29, 0.717) is 18.7 Å². The lowest BCUT2D eigenvalue weighted by atomic mass is 10.0. The summed E-state index contributed by atoms with van der Waals surface area (Å²) in [7, 11) is 0. The summed E-state index contributed by atoms with van der Waals surface area (Å²) in [5.74, 6) is -3.20. The molecule has 9 heteroatoms. The third-order valence-corrected chi connectivity index (χ3v) is 4.43. The van der Waals surface area contributed by atoms with E-state index in [4.69, 9.17) is 0 Å². The Bertz CT molecular complexity index is 622. The Morgan fingerprint density at radius 3 is 2.62 bits per heavy atom. The van der Waals surface area contributed by atoms with E-state index in [1.807, 2.05) is 0 Å². The van der Waals surface area contributed by atoms with Gasteiger partial charge in [0.05, 0.1) is 12.1 Å². The molecule has 0 aromatic carbocycles. The van der Waals surface area contributed by atoms with Crippen molar-refractivity contribution in [2.45, 2.75) is 31.4 Å². The molecule has 2 saturated heterocycles. The van der Waals surface area contributed by atoms with E-state index < -0.39 is 12.0 Å². The Hall–Kier alpha value is -2.16. The molecule has 1 aromatic rings. The summed E-state index contributed by atoms with van der Waals surface area (Å²) in [4.78, 5) is 34.2. The molecule has 0 unspecified atom stereocenters. The van der Waals surface area contributed by atoms with E-state index in [0.717, 1.165) is 0 Å². The van der Waals surface area contributed by atoms with E-state index in [1.165, 1.54) is 25.6 Å². The van der Waals surface area contributed by atoms with Crippen LogP contribution in [0.4, 0.5) is 8.78 Å². The number of nitrogens with zero attached hydrogens (tertiary/aromatic N) is 4. The van der Waals surface area contributed by atoms with Gasteiger partial charge in [0.15, 0.2) is 0 Å². The Balaban J connectivity index is 1.59. The molecule has 3 heterocycles. The van der Waals surface area contributed by atoms with Crippen LogP contribution in [0.1, 0.15) is 23.7 Å².